The Morgan fingerprint density at radius 3 is 1.35 bits per heavy atom. The Labute approximate surface area is 331 Å². The number of aromatic nitrogens is 3. The number of rotatable bonds is 7. The molecule has 0 bridgehead atoms. The number of benzene rings is 9. The minimum absolute atomic E-state index is 0.150. The Bertz CT molecular complexity index is 3000. The summed E-state index contributed by atoms with van der Waals surface area (Å²) in [5, 5.41) is 16.1. The lowest BCUT2D eigenvalue weighted by Crippen LogP contribution is -2.01. The Kier molecular flexibility index (Phi) is 8.62. The summed E-state index contributed by atoms with van der Waals surface area (Å²) in [7, 11) is 0. The fraction of sp³-hybridized carbons (Fsp3) is 0. The summed E-state index contributed by atoms with van der Waals surface area (Å²) in [4.78, 5) is 15.4. The van der Waals surface area contributed by atoms with Crippen molar-refractivity contribution in [2.45, 2.75) is 0 Å². The van der Waals surface area contributed by atoms with Crippen LogP contribution in [0.2, 0.25) is 0 Å². The summed E-state index contributed by atoms with van der Waals surface area (Å²) >= 11 is 0. The van der Waals surface area contributed by atoms with E-state index >= 15 is 0 Å². The maximum atomic E-state index is 11.6. The van der Waals surface area contributed by atoms with Crippen LogP contribution in [-0.2, 0) is 0 Å². The molecule has 0 saturated heterocycles. The topological polar surface area (TPSA) is 58.9 Å². The summed E-state index contributed by atoms with van der Waals surface area (Å²) in [5.41, 5.74) is 10.8. The second kappa shape index (κ2) is 14.5. The summed E-state index contributed by atoms with van der Waals surface area (Å²) < 4.78 is 0. The molecule has 10 rings (SSSR count). The maximum Gasteiger partial charge on any atom is 0.164 e. The van der Waals surface area contributed by atoms with E-state index in [9.17, 15) is 5.11 Å². The molecule has 4 heteroatoms. The van der Waals surface area contributed by atoms with Gasteiger partial charge in [0.1, 0.15) is 5.75 Å². The van der Waals surface area contributed by atoms with E-state index in [1.54, 1.807) is 6.07 Å². The molecule has 0 saturated carbocycles. The molecule has 0 unspecified atom stereocenters. The number of phenolic OH excluding ortho intramolecular Hbond substituents is 1. The van der Waals surface area contributed by atoms with E-state index in [1.807, 2.05) is 54.6 Å². The van der Waals surface area contributed by atoms with E-state index in [1.165, 1.54) is 5.39 Å². The lowest BCUT2D eigenvalue weighted by Gasteiger charge is -2.15. The van der Waals surface area contributed by atoms with E-state index < -0.39 is 0 Å². The molecule has 0 atom stereocenters. The minimum atomic E-state index is 0.150. The van der Waals surface area contributed by atoms with E-state index in [-0.39, 0.29) is 5.75 Å². The van der Waals surface area contributed by atoms with Crippen molar-refractivity contribution < 1.29 is 5.11 Å². The minimum Gasteiger partial charge on any atom is -0.507 e. The van der Waals surface area contributed by atoms with Gasteiger partial charge in [0.2, 0.25) is 0 Å². The molecule has 0 aliphatic rings. The standard InChI is InChI=1S/C53H35N3O/c57-49-26-14-25-47(50(49)38-29-27-37(28-30-38)43-32-41(35-15-4-1-5-16-35)31-42(33-43)36-17-6-2-7-18-36)52-54-51(39-19-8-3-9-20-39)55-53(56-52)48-34-40-21-10-11-22-44(40)45-23-12-13-24-46(45)48/h1-34,57H. The van der Waals surface area contributed by atoms with Gasteiger partial charge in [-0.05, 0) is 90.8 Å². The summed E-state index contributed by atoms with van der Waals surface area (Å²) in [6.07, 6.45) is 0. The van der Waals surface area contributed by atoms with Crippen molar-refractivity contribution in [3.8, 4) is 84.4 Å². The summed E-state index contributed by atoms with van der Waals surface area (Å²) in [6.45, 7) is 0. The zero-order valence-corrected chi connectivity index (χ0v) is 30.9. The summed E-state index contributed by atoms with van der Waals surface area (Å²) in [6, 6.07) is 70.6. The molecular formula is C53H35N3O. The Balaban J connectivity index is 1.11. The van der Waals surface area contributed by atoms with Crippen LogP contribution in [0.15, 0.2) is 206 Å². The molecule has 0 spiro atoms. The van der Waals surface area contributed by atoms with Crippen LogP contribution in [0.3, 0.4) is 0 Å². The fourth-order valence-corrected chi connectivity index (χ4v) is 7.82. The summed E-state index contributed by atoms with van der Waals surface area (Å²) in [5.74, 6) is 1.76. The van der Waals surface area contributed by atoms with Crippen LogP contribution in [-0.4, -0.2) is 20.1 Å². The van der Waals surface area contributed by atoms with E-state index in [4.69, 9.17) is 15.0 Å². The molecule has 1 aromatic heterocycles. The zero-order valence-electron chi connectivity index (χ0n) is 30.9. The molecule has 0 amide bonds. The first-order valence-corrected chi connectivity index (χ1v) is 19.1. The highest BCUT2D eigenvalue weighted by atomic mass is 16.3. The smallest absolute Gasteiger partial charge is 0.164 e. The lowest BCUT2D eigenvalue weighted by molar-refractivity contribution is 0.477. The predicted octanol–water partition coefficient (Wildman–Crippen LogP) is 13.6. The van der Waals surface area contributed by atoms with Crippen molar-refractivity contribution in [2.75, 3.05) is 0 Å². The maximum absolute atomic E-state index is 11.6. The number of nitrogens with zero attached hydrogens (tertiary/aromatic N) is 3. The Morgan fingerprint density at radius 1 is 0.281 bits per heavy atom. The van der Waals surface area contributed by atoms with Crippen LogP contribution < -0.4 is 0 Å². The first kappa shape index (κ1) is 33.8. The Hall–Kier alpha value is -7.69. The SMILES string of the molecule is Oc1cccc(-c2nc(-c3ccccc3)nc(-c3cc4ccccc4c4ccccc34)n2)c1-c1ccc(-c2cc(-c3ccccc3)cc(-c3ccccc3)c2)cc1. The average Bonchev–Trinajstić information content (AvgIpc) is 3.29. The zero-order chi connectivity index (χ0) is 38.1. The second-order valence-corrected chi connectivity index (χ2v) is 14.2. The van der Waals surface area contributed by atoms with Crippen molar-refractivity contribution >= 4 is 21.5 Å². The van der Waals surface area contributed by atoms with E-state index in [2.05, 4.69) is 146 Å². The largest absolute Gasteiger partial charge is 0.507 e. The fourth-order valence-electron chi connectivity index (χ4n) is 7.82. The van der Waals surface area contributed by atoms with Gasteiger partial charge in [0.25, 0.3) is 0 Å². The van der Waals surface area contributed by atoms with Gasteiger partial charge < -0.3 is 5.11 Å². The molecule has 10 aromatic rings. The monoisotopic (exact) mass is 729 g/mol. The van der Waals surface area contributed by atoms with E-state index in [0.717, 1.165) is 66.2 Å². The third kappa shape index (κ3) is 6.49. The molecule has 1 N–H and O–H groups in total. The van der Waals surface area contributed by atoms with E-state index in [0.29, 0.717) is 28.6 Å². The van der Waals surface area contributed by atoms with Gasteiger partial charge in [-0.2, -0.15) is 0 Å². The highest BCUT2D eigenvalue weighted by Crippen LogP contribution is 2.41. The molecule has 0 aliphatic heterocycles. The highest BCUT2D eigenvalue weighted by Gasteiger charge is 2.20. The first-order chi connectivity index (χ1) is 28.2. The molecular weight excluding hydrogens is 695 g/mol. The predicted molar refractivity (Wildman–Crippen MR) is 235 cm³/mol. The lowest BCUT2D eigenvalue weighted by atomic mass is 9.92. The molecule has 1 heterocycles. The van der Waals surface area contributed by atoms with Crippen molar-refractivity contribution in [1.82, 2.24) is 15.0 Å². The number of phenols is 1. The number of fused-ring (bicyclic) bond motifs is 3. The molecule has 4 nitrogen and oxygen atoms in total. The van der Waals surface area contributed by atoms with Gasteiger partial charge >= 0.3 is 0 Å². The number of aromatic hydroxyl groups is 1. The van der Waals surface area contributed by atoms with Gasteiger partial charge in [-0.25, -0.2) is 15.0 Å². The van der Waals surface area contributed by atoms with Crippen LogP contribution in [0, 0.1) is 0 Å². The van der Waals surface area contributed by atoms with Gasteiger partial charge in [0.05, 0.1) is 0 Å². The first-order valence-electron chi connectivity index (χ1n) is 19.1. The van der Waals surface area contributed by atoms with Crippen molar-refractivity contribution in [3.63, 3.8) is 0 Å². The molecule has 57 heavy (non-hydrogen) atoms. The van der Waals surface area contributed by atoms with Crippen LogP contribution in [0.4, 0.5) is 0 Å². The van der Waals surface area contributed by atoms with Crippen LogP contribution >= 0.6 is 0 Å². The van der Waals surface area contributed by atoms with Crippen molar-refractivity contribution in [2.24, 2.45) is 0 Å². The number of hydrogen-bond acceptors (Lipinski definition) is 4. The third-order valence-corrected chi connectivity index (χ3v) is 10.6. The molecule has 0 aliphatic carbocycles. The Morgan fingerprint density at radius 2 is 0.737 bits per heavy atom. The molecule has 0 radical (unpaired) electrons. The number of hydrogen-bond donors (Lipinski definition) is 1. The van der Waals surface area contributed by atoms with Crippen LogP contribution in [0.5, 0.6) is 5.75 Å². The van der Waals surface area contributed by atoms with Crippen molar-refractivity contribution in [3.05, 3.63) is 206 Å². The average molecular weight is 730 g/mol. The van der Waals surface area contributed by atoms with Gasteiger partial charge in [-0.3, -0.25) is 0 Å². The van der Waals surface area contributed by atoms with Crippen molar-refractivity contribution in [1.29, 1.82) is 0 Å². The van der Waals surface area contributed by atoms with Gasteiger partial charge in [-0.15, -0.1) is 0 Å². The van der Waals surface area contributed by atoms with Crippen LogP contribution in [0.25, 0.3) is 100 Å². The van der Waals surface area contributed by atoms with Gasteiger partial charge in [0.15, 0.2) is 17.5 Å². The normalized spacial score (nSPS) is 11.2. The second-order valence-electron chi connectivity index (χ2n) is 14.2. The quantitative estimate of drug-likeness (QED) is 0.166. The van der Waals surface area contributed by atoms with Crippen LogP contribution in [0.1, 0.15) is 0 Å². The molecule has 9 aromatic carbocycles. The third-order valence-electron chi connectivity index (χ3n) is 10.6. The van der Waals surface area contributed by atoms with Gasteiger partial charge in [-0.1, -0.05) is 176 Å². The molecule has 268 valence electrons. The van der Waals surface area contributed by atoms with Gasteiger partial charge in [0, 0.05) is 22.3 Å². The molecule has 0 fully saturated rings. The highest BCUT2D eigenvalue weighted by molar-refractivity contribution is 6.13.